The first-order valence-electron chi connectivity index (χ1n) is 9.97. The van der Waals surface area contributed by atoms with Gasteiger partial charge in [-0.05, 0) is 12.1 Å². The Morgan fingerprint density at radius 2 is 1.52 bits per heavy atom. The topological polar surface area (TPSA) is 58.4 Å². The molecule has 0 atom stereocenters. The van der Waals surface area contributed by atoms with Crippen LogP contribution >= 0.6 is 0 Å². The minimum Gasteiger partial charge on any atom is -0.301 e. The molecule has 0 N–H and O–H groups in total. The van der Waals surface area contributed by atoms with Crippen molar-refractivity contribution in [3.05, 3.63) is 72.4 Å². The molecule has 0 unspecified atom stereocenters. The molecule has 1 saturated heterocycles. The van der Waals surface area contributed by atoms with Crippen molar-refractivity contribution in [2.45, 2.75) is 18.4 Å². The molecule has 0 spiro atoms. The van der Waals surface area contributed by atoms with Gasteiger partial charge in [0.25, 0.3) is 0 Å². The van der Waals surface area contributed by atoms with Crippen LogP contribution in [-0.4, -0.2) is 60.1 Å². The van der Waals surface area contributed by atoms with Crippen molar-refractivity contribution in [2.75, 3.05) is 32.7 Å². The van der Waals surface area contributed by atoms with Gasteiger partial charge in [-0.2, -0.15) is 9.40 Å². The Kier molecular flexibility index (Phi) is 5.80. The van der Waals surface area contributed by atoms with Gasteiger partial charge < -0.3 is 4.90 Å². The van der Waals surface area contributed by atoms with Crippen molar-refractivity contribution >= 4 is 10.0 Å². The summed E-state index contributed by atoms with van der Waals surface area (Å²) in [5, 5.41) is 4.67. The van der Waals surface area contributed by atoms with Gasteiger partial charge in [-0.1, -0.05) is 67.6 Å². The zero-order valence-corrected chi connectivity index (χ0v) is 17.4. The first-order valence-corrected chi connectivity index (χ1v) is 11.4. The van der Waals surface area contributed by atoms with Gasteiger partial charge in [-0.3, -0.25) is 4.68 Å². The van der Waals surface area contributed by atoms with Gasteiger partial charge in [0, 0.05) is 37.9 Å². The van der Waals surface area contributed by atoms with Crippen molar-refractivity contribution in [3.8, 4) is 11.3 Å². The first-order chi connectivity index (χ1) is 14.1. The molecular formula is C22H26N4O2S. The number of benzene rings is 2. The van der Waals surface area contributed by atoms with E-state index in [2.05, 4.69) is 16.9 Å². The molecule has 4 rings (SSSR count). The van der Waals surface area contributed by atoms with Crippen molar-refractivity contribution in [3.63, 3.8) is 0 Å². The van der Waals surface area contributed by atoms with Gasteiger partial charge in [0.15, 0.2) is 0 Å². The third-order valence-corrected chi connectivity index (χ3v) is 7.26. The lowest BCUT2D eigenvalue weighted by Crippen LogP contribution is -2.48. The van der Waals surface area contributed by atoms with Crippen molar-refractivity contribution in [1.29, 1.82) is 0 Å². The van der Waals surface area contributed by atoms with E-state index in [0.29, 0.717) is 25.3 Å². The molecule has 1 aliphatic rings. The number of nitrogens with zero attached hydrogens (tertiary/aromatic N) is 4. The number of rotatable bonds is 6. The average Bonchev–Trinajstić information content (AvgIpc) is 3.20. The molecule has 0 saturated carbocycles. The molecular weight excluding hydrogens is 384 g/mol. The van der Waals surface area contributed by atoms with Gasteiger partial charge in [-0.15, -0.1) is 0 Å². The van der Waals surface area contributed by atoms with Gasteiger partial charge in [0.05, 0.1) is 6.54 Å². The van der Waals surface area contributed by atoms with Crippen LogP contribution in [0.2, 0.25) is 0 Å². The molecule has 29 heavy (non-hydrogen) atoms. The number of hydrogen-bond donors (Lipinski definition) is 0. The molecule has 1 aromatic heterocycles. The number of likely N-dealkylation sites (N-methyl/N-ethyl adjacent to an activating group) is 1. The van der Waals surface area contributed by atoms with Crippen LogP contribution in [0.5, 0.6) is 0 Å². The number of hydrogen-bond acceptors (Lipinski definition) is 4. The Morgan fingerprint density at radius 3 is 2.14 bits per heavy atom. The second-order valence-electron chi connectivity index (χ2n) is 7.23. The van der Waals surface area contributed by atoms with Crippen LogP contribution in [0.1, 0.15) is 12.5 Å². The maximum Gasteiger partial charge on any atom is 0.246 e. The molecule has 1 aliphatic heterocycles. The third-order valence-electron chi connectivity index (χ3n) is 5.36. The fourth-order valence-electron chi connectivity index (χ4n) is 3.66. The Morgan fingerprint density at radius 1 is 0.897 bits per heavy atom. The van der Waals surface area contributed by atoms with E-state index in [0.717, 1.165) is 30.8 Å². The quantitative estimate of drug-likeness (QED) is 0.627. The lowest BCUT2D eigenvalue weighted by Gasteiger charge is -2.33. The minimum absolute atomic E-state index is 0.282. The highest BCUT2D eigenvalue weighted by molar-refractivity contribution is 7.89. The summed E-state index contributed by atoms with van der Waals surface area (Å²) < 4.78 is 30.3. The largest absolute Gasteiger partial charge is 0.301 e. The molecule has 152 valence electrons. The number of aromatic nitrogens is 2. The third kappa shape index (κ3) is 4.27. The molecule has 0 bridgehead atoms. The first kappa shape index (κ1) is 19.8. The molecule has 2 aromatic carbocycles. The molecule has 6 nitrogen and oxygen atoms in total. The fourth-order valence-corrected chi connectivity index (χ4v) is 5.24. The molecule has 7 heteroatoms. The zero-order valence-electron chi connectivity index (χ0n) is 16.6. The normalized spacial score (nSPS) is 16.2. The average molecular weight is 411 g/mol. The summed E-state index contributed by atoms with van der Waals surface area (Å²) in [7, 11) is -3.62. The van der Waals surface area contributed by atoms with Crippen LogP contribution in [-0.2, 0) is 16.6 Å². The smallest absolute Gasteiger partial charge is 0.246 e. The van der Waals surface area contributed by atoms with Crippen LogP contribution in [0, 0.1) is 0 Å². The van der Waals surface area contributed by atoms with E-state index in [9.17, 15) is 8.42 Å². The SMILES string of the molecule is CCN1CCN(S(=O)(=O)c2cn(Cc3ccccc3)nc2-c2ccccc2)CC1. The summed E-state index contributed by atoms with van der Waals surface area (Å²) in [5.74, 6) is 0. The van der Waals surface area contributed by atoms with E-state index in [1.54, 1.807) is 15.2 Å². The second kappa shape index (κ2) is 8.49. The van der Waals surface area contributed by atoms with Crippen LogP contribution in [0.15, 0.2) is 71.8 Å². The van der Waals surface area contributed by atoms with Crippen molar-refractivity contribution in [1.82, 2.24) is 19.0 Å². The van der Waals surface area contributed by atoms with Gasteiger partial charge >= 0.3 is 0 Å². The summed E-state index contributed by atoms with van der Waals surface area (Å²) >= 11 is 0. The zero-order chi connectivity index (χ0) is 20.3. The number of piperazine rings is 1. The van der Waals surface area contributed by atoms with E-state index in [4.69, 9.17) is 0 Å². The predicted octanol–water partition coefficient (Wildman–Crippen LogP) is 2.92. The Labute approximate surface area is 172 Å². The second-order valence-corrected chi connectivity index (χ2v) is 9.14. The predicted molar refractivity (Wildman–Crippen MR) is 114 cm³/mol. The lowest BCUT2D eigenvalue weighted by atomic mass is 10.2. The van der Waals surface area contributed by atoms with Crippen LogP contribution in [0.4, 0.5) is 0 Å². The lowest BCUT2D eigenvalue weighted by molar-refractivity contribution is 0.196. The highest BCUT2D eigenvalue weighted by Gasteiger charge is 2.32. The van der Waals surface area contributed by atoms with E-state index in [-0.39, 0.29) is 4.90 Å². The number of sulfonamides is 1. The van der Waals surface area contributed by atoms with Crippen molar-refractivity contribution in [2.24, 2.45) is 0 Å². The maximum atomic E-state index is 13.5. The fraction of sp³-hybridized carbons (Fsp3) is 0.318. The van der Waals surface area contributed by atoms with Crippen LogP contribution < -0.4 is 0 Å². The minimum atomic E-state index is -3.62. The molecule has 2 heterocycles. The summed E-state index contributed by atoms with van der Waals surface area (Å²) in [6.07, 6.45) is 1.68. The molecule has 0 amide bonds. The summed E-state index contributed by atoms with van der Waals surface area (Å²) in [4.78, 5) is 2.55. The van der Waals surface area contributed by atoms with Crippen molar-refractivity contribution < 1.29 is 8.42 Å². The Bertz CT molecular complexity index is 1040. The summed E-state index contributed by atoms with van der Waals surface area (Å²) in [5.41, 5.74) is 2.40. The van der Waals surface area contributed by atoms with E-state index < -0.39 is 10.0 Å². The Balaban J connectivity index is 1.71. The maximum absolute atomic E-state index is 13.5. The molecule has 0 radical (unpaired) electrons. The van der Waals surface area contributed by atoms with Gasteiger partial charge in [0.1, 0.15) is 10.6 Å². The summed E-state index contributed by atoms with van der Waals surface area (Å²) in [6, 6.07) is 19.5. The highest BCUT2D eigenvalue weighted by atomic mass is 32.2. The Hall–Kier alpha value is -2.48. The molecule has 3 aromatic rings. The highest BCUT2D eigenvalue weighted by Crippen LogP contribution is 2.29. The van der Waals surface area contributed by atoms with Crippen LogP contribution in [0.25, 0.3) is 11.3 Å². The van der Waals surface area contributed by atoms with E-state index in [1.165, 1.54) is 0 Å². The van der Waals surface area contributed by atoms with E-state index >= 15 is 0 Å². The molecule has 0 aliphatic carbocycles. The van der Waals surface area contributed by atoms with Crippen LogP contribution in [0.3, 0.4) is 0 Å². The summed E-state index contributed by atoms with van der Waals surface area (Å²) in [6.45, 7) is 6.11. The van der Waals surface area contributed by atoms with E-state index in [1.807, 2.05) is 60.7 Å². The van der Waals surface area contributed by atoms with Gasteiger partial charge in [-0.25, -0.2) is 8.42 Å². The molecule has 1 fully saturated rings. The van der Waals surface area contributed by atoms with Gasteiger partial charge in [0.2, 0.25) is 10.0 Å². The monoisotopic (exact) mass is 410 g/mol. The standard InChI is InChI=1S/C22H26N4O2S/c1-2-24-13-15-26(16-14-24)29(27,28)21-18-25(17-19-9-5-3-6-10-19)23-22(21)20-11-7-4-8-12-20/h3-12,18H,2,13-17H2,1H3.